The SMILES string of the molecule is COc1cc(C=Nn2c(C(C)C)nc3ccc(Br)cc3c2=O)cc(Cl)c1OCc1cccc(F)c1. The summed E-state index contributed by atoms with van der Waals surface area (Å²) in [4.78, 5) is 17.9. The average molecular weight is 559 g/mol. The lowest BCUT2D eigenvalue weighted by Crippen LogP contribution is -2.23. The van der Waals surface area contributed by atoms with Crippen molar-refractivity contribution in [1.29, 1.82) is 0 Å². The predicted octanol–water partition coefficient (Wildman–Crippen LogP) is 6.54. The third kappa shape index (κ3) is 5.55. The monoisotopic (exact) mass is 557 g/mol. The van der Waals surface area contributed by atoms with Gasteiger partial charge in [0.05, 0.1) is 29.2 Å². The summed E-state index contributed by atoms with van der Waals surface area (Å²) >= 11 is 9.88. The zero-order chi connectivity index (χ0) is 25.1. The summed E-state index contributed by atoms with van der Waals surface area (Å²) in [6.07, 6.45) is 1.52. The van der Waals surface area contributed by atoms with Gasteiger partial charge in [0.15, 0.2) is 11.5 Å². The van der Waals surface area contributed by atoms with E-state index in [0.717, 1.165) is 4.47 Å². The highest BCUT2D eigenvalue weighted by atomic mass is 79.9. The van der Waals surface area contributed by atoms with E-state index >= 15 is 0 Å². The Morgan fingerprint density at radius 3 is 2.71 bits per heavy atom. The van der Waals surface area contributed by atoms with Gasteiger partial charge in [-0.15, -0.1) is 0 Å². The summed E-state index contributed by atoms with van der Waals surface area (Å²) in [6, 6.07) is 14.8. The van der Waals surface area contributed by atoms with E-state index in [4.69, 9.17) is 21.1 Å². The first-order valence-electron chi connectivity index (χ1n) is 10.8. The topological polar surface area (TPSA) is 65.7 Å². The molecule has 180 valence electrons. The third-order valence-electron chi connectivity index (χ3n) is 5.20. The third-order valence-corrected chi connectivity index (χ3v) is 5.97. The molecule has 0 saturated carbocycles. The van der Waals surface area contributed by atoms with Crippen molar-refractivity contribution in [3.8, 4) is 11.5 Å². The molecule has 35 heavy (non-hydrogen) atoms. The molecule has 0 unspecified atom stereocenters. The van der Waals surface area contributed by atoms with Crippen LogP contribution in [0, 0.1) is 5.82 Å². The molecule has 9 heteroatoms. The van der Waals surface area contributed by atoms with Crippen molar-refractivity contribution in [2.24, 2.45) is 5.10 Å². The maximum absolute atomic E-state index is 13.5. The molecule has 1 heterocycles. The van der Waals surface area contributed by atoms with Gasteiger partial charge in [-0.3, -0.25) is 4.79 Å². The zero-order valence-electron chi connectivity index (χ0n) is 19.3. The molecule has 0 radical (unpaired) electrons. The van der Waals surface area contributed by atoms with Crippen molar-refractivity contribution in [2.75, 3.05) is 7.11 Å². The van der Waals surface area contributed by atoms with Crippen LogP contribution >= 0.6 is 27.5 Å². The second-order valence-electron chi connectivity index (χ2n) is 8.10. The number of ether oxygens (including phenoxy) is 2. The number of rotatable bonds is 7. The van der Waals surface area contributed by atoms with Crippen LogP contribution in [0.4, 0.5) is 4.39 Å². The predicted molar refractivity (Wildman–Crippen MR) is 140 cm³/mol. The van der Waals surface area contributed by atoms with E-state index in [0.29, 0.717) is 44.4 Å². The lowest BCUT2D eigenvalue weighted by Gasteiger charge is -2.14. The van der Waals surface area contributed by atoms with Gasteiger partial charge in [-0.05, 0) is 53.6 Å². The van der Waals surface area contributed by atoms with Crippen molar-refractivity contribution < 1.29 is 13.9 Å². The second-order valence-corrected chi connectivity index (χ2v) is 9.42. The first-order valence-corrected chi connectivity index (χ1v) is 11.9. The van der Waals surface area contributed by atoms with Crippen LogP contribution in [0.2, 0.25) is 5.02 Å². The Hall–Kier alpha value is -3.23. The van der Waals surface area contributed by atoms with Crippen LogP contribution in [-0.4, -0.2) is 23.0 Å². The molecule has 3 aromatic carbocycles. The van der Waals surface area contributed by atoms with Gasteiger partial charge in [0.2, 0.25) is 0 Å². The van der Waals surface area contributed by atoms with Crippen molar-refractivity contribution in [1.82, 2.24) is 9.66 Å². The molecular weight excluding hydrogens is 537 g/mol. The van der Waals surface area contributed by atoms with Crippen LogP contribution in [-0.2, 0) is 6.61 Å². The molecule has 0 saturated heterocycles. The normalized spacial score (nSPS) is 11.5. The Labute approximate surface area is 215 Å². The Kier molecular flexibility index (Phi) is 7.52. The second kappa shape index (κ2) is 10.6. The summed E-state index contributed by atoms with van der Waals surface area (Å²) in [7, 11) is 1.49. The molecule has 4 rings (SSSR count). The minimum Gasteiger partial charge on any atom is -0.493 e. The van der Waals surface area contributed by atoms with Crippen LogP contribution < -0.4 is 15.0 Å². The van der Waals surface area contributed by atoms with Gasteiger partial charge in [-0.2, -0.15) is 9.78 Å². The van der Waals surface area contributed by atoms with E-state index in [9.17, 15) is 9.18 Å². The Morgan fingerprint density at radius 2 is 2.00 bits per heavy atom. The van der Waals surface area contributed by atoms with E-state index in [1.54, 1.807) is 36.4 Å². The number of aromatic nitrogens is 2. The summed E-state index contributed by atoms with van der Waals surface area (Å²) in [5.74, 6) is 0.862. The van der Waals surface area contributed by atoms with Crippen molar-refractivity contribution in [2.45, 2.75) is 26.4 Å². The van der Waals surface area contributed by atoms with Crippen molar-refractivity contribution in [3.63, 3.8) is 0 Å². The fourth-order valence-electron chi connectivity index (χ4n) is 3.51. The molecule has 0 N–H and O–H groups in total. The van der Waals surface area contributed by atoms with E-state index in [2.05, 4.69) is 26.0 Å². The first-order chi connectivity index (χ1) is 16.8. The fraction of sp³-hybridized carbons (Fsp3) is 0.192. The summed E-state index contributed by atoms with van der Waals surface area (Å²) in [5.41, 5.74) is 1.59. The number of halogens is 3. The number of hydrogen-bond acceptors (Lipinski definition) is 5. The quantitative estimate of drug-likeness (QED) is 0.242. The van der Waals surface area contributed by atoms with Crippen LogP contribution in [0.15, 0.2) is 69.0 Å². The summed E-state index contributed by atoms with van der Waals surface area (Å²) < 4.78 is 26.8. The largest absolute Gasteiger partial charge is 0.493 e. The smallest absolute Gasteiger partial charge is 0.282 e. The number of methoxy groups -OCH3 is 1. The van der Waals surface area contributed by atoms with Crippen molar-refractivity contribution in [3.05, 3.63) is 97.2 Å². The van der Waals surface area contributed by atoms with Crippen LogP contribution in [0.25, 0.3) is 10.9 Å². The van der Waals surface area contributed by atoms with E-state index in [1.165, 1.54) is 30.1 Å². The fourth-order valence-corrected chi connectivity index (χ4v) is 4.15. The molecule has 6 nitrogen and oxygen atoms in total. The van der Waals surface area contributed by atoms with Gasteiger partial charge in [-0.25, -0.2) is 9.37 Å². The molecule has 0 bridgehead atoms. The maximum atomic E-state index is 13.5. The van der Waals surface area contributed by atoms with Crippen LogP contribution in [0.5, 0.6) is 11.5 Å². The first kappa shape index (κ1) is 24.9. The van der Waals surface area contributed by atoms with Gasteiger partial charge in [0, 0.05) is 10.4 Å². The van der Waals surface area contributed by atoms with Crippen molar-refractivity contribution >= 4 is 44.6 Å². The summed E-state index contributed by atoms with van der Waals surface area (Å²) in [5, 5.41) is 5.18. The molecule has 0 fully saturated rings. The van der Waals surface area contributed by atoms with Gasteiger partial charge in [-0.1, -0.05) is 53.5 Å². The van der Waals surface area contributed by atoms with E-state index in [-0.39, 0.29) is 23.9 Å². The molecule has 0 spiro atoms. The number of nitrogens with zero attached hydrogens (tertiary/aromatic N) is 3. The van der Waals surface area contributed by atoms with E-state index in [1.807, 2.05) is 19.9 Å². The lowest BCUT2D eigenvalue weighted by molar-refractivity contribution is 0.284. The number of benzene rings is 3. The Morgan fingerprint density at radius 1 is 1.20 bits per heavy atom. The number of fused-ring (bicyclic) bond motifs is 1. The molecule has 0 aliphatic carbocycles. The van der Waals surface area contributed by atoms with Gasteiger partial charge in [0.25, 0.3) is 5.56 Å². The lowest BCUT2D eigenvalue weighted by atomic mass is 10.2. The molecule has 0 aliphatic heterocycles. The molecule has 0 aliphatic rings. The van der Waals surface area contributed by atoms with Gasteiger partial charge < -0.3 is 9.47 Å². The highest BCUT2D eigenvalue weighted by Gasteiger charge is 2.15. The minimum absolute atomic E-state index is 0.0374. The highest BCUT2D eigenvalue weighted by molar-refractivity contribution is 9.10. The highest BCUT2D eigenvalue weighted by Crippen LogP contribution is 2.36. The number of hydrogen-bond donors (Lipinski definition) is 0. The maximum Gasteiger partial charge on any atom is 0.282 e. The molecular formula is C26H22BrClFN3O3. The average Bonchev–Trinajstić information content (AvgIpc) is 2.82. The van der Waals surface area contributed by atoms with Gasteiger partial charge in [0.1, 0.15) is 18.2 Å². The van der Waals surface area contributed by atoms with Gasteiger partial charge >= 0.3 is 0 Å². The Bertz CT molecular complexity index is 1490. The molecule has 0 amide bonds. The van der Waals surface area contributed by atoms with E-state index < -0.39 is 0 Å². The Balaban J connectivity index is 1.69. The standard InChI is InChI=1S/C26H22BrClFN3O3/c1-15(2)25-31-22-8-7-18(27)12-20(22)26(33)32(25)30-13-17-10-21(28)24(23(11-17)34-3)35-14-16-5-4-6-19(29)9-16/h4-13,15H,14H2,1-3H3. The van der Waals surface area contributed by atoms with Crippen LogP contribution in [0.1, 0.15) is 36.7 Å². The minimum atomic E-state index is -0.345. The zero-order valence-corrected chi connectivity index (χ0v) is 21.6. The van der Waals surface area contributed by atoms with Crippen LogP contribution in [0.3, 0.4) is 0 Å². The summed E-state index contributed by atoms with van der Waals surface area (Å²) in [6.45, 7) is 4.01. The molecule has 1 aromatic heterocycles. The molecule has 0 atom stereocenters. The molecule has 4 aromatic rings.